The maximum absolute atomic E-state index is 12.1. The number of aliphatic hydroxyl groups is 2. The molecule has 0 bridgehead atoms. The molecule has 12 N–H and O–H groups in total. The van der Waals surface area contributed by atoms with Gasteiger partial charge in [-0.3, -0.25) is 59.1 Å². The van der Waals surface area contributed by atoms with Crippen molar-refractivity contribution in [3.05, 3.63) is 104 Å². The van der Waals surface area contributed by atoms with Crippen LogP contribution in [0.2, 0.25) is 0 Å². The van der Waals surface area contributed by atoms with Crippen LogP contribution in [0.25, 0.3) is 0 Å². The molecule has 0 aliphatic carbocycles. The van der Waals surface area contributed by atoms with E-state index in [9.17, 15) is 59.1 Å². The maximum Gasteiger partial charge on any atom is 0.287 e. The van der Waals surface area contributed by atoms with Gasteiger partial charge in [0.2, 0.25) is 35.4 Å². The molecule has 4 aromatic heterocycles. The molecule has 6 amide bonds. The normalized spacial score (nSPS) is 15.2. The first-order chi connectivity index (χ1) is 46.8. The lowest BCUT2D eigenvalue weighted by molar-refractivity contribution is -0.385. The average molecular weight is 1380 g/mol. The summed E-state index contributed by atoms with van der Waals surface area (Å²) < 4.78 is 4.94. The van der Waals surface area contributed by atoms with Crippen LogP contribution >= 0.6 is 0 Å². The minimum atomic E-state index is -0.478. The monoisotopic (exact) mass is 1380 g/mol. The molecule has 0 aromatic carbocycles. The Balaban J connectivity index is 0.000000425. The molecule has 98 heavy (non-hydrogen) atoms. The highest BCUT2D eigenvalue weighted by Gasteiger charge is 2.29. The van der Waals surface area contributed by atoms with Gasteiger partial charge >= 0.3 is 0 Å². The number of ether oxygens (including phenoxy) is 1. The average Bonchev–Trinajstić information content (AvgIpc) is 0.913. The third-order valence-electron chi connectivity index (χ3n) is 15.8. The number of piperidine rings is 4. The predicted molar refractivity (Wildman–Crippen MR) is 373 cm³/mol. The number of hydrogen-bond acceptors (Lipinski definition) is 25. The zero-order chi connectivity index (χ0) is 71.5. The van der Waals surface area contributed by atoms with E-state index in [0.717, 1.165) is 117 Å². The summed E-state index contributed by atoms with van der Waals surface area (Å²) in [4.78, 5) is 125. The summed E-state index contributed by atoms with van der Waals surface area (Å²) in [5, 5.41) is 62.5. The van der Waals surface area contributed by atoms with Gasteiger partial charge in [0, 0.05) is 181 Å². The van der Waals surface area contributed by atoms with Crippen molar-refractivity contribution >= 4 is 81.5 Å². The molecule has 5 aliphatic rings. The summed E-state index contributed by atoms with van der Waals surface area (Å²) in [5.41, 5.74) is 11.6. The van der Waals surface area contributed by atoms with Crippen LogP contribution < -0.4 is 63.0 Å². The standard InChI is InChI=1S/C15H21N5O4.C15H23N5O2.C14H20N4O3.C13H19N5O3.C4H8O.2CH4O.CH4/c1-11(21)16-6-7-17-15(22)12-4-8-19(9-5-12)14-3-2-13(10-18-14)20(23)24;1-11(21)17-6-7-18-15(22)12-4-8-20(9-5-12)14-3-2-13(16)10-19-14;1-2-7-15-14(19)11-5-8-17(9-6-11)13-4-3-12(10-16-13)18(20)21;14-5-6-15-13(19)10-3-7-17(8-4-10)12-2-1-11(9-16-12)18(20)21;1-2-4-5-3-1;2*1-2;/h2-3,10,12H,4-9H2,1H3,(H,16,21)(H,17,22);2-3,10,12H,4-9,16H2,1H3,(H,17,21)(H,18,22);3-4,10-11H,2,5-9H2,1H3,(H,15,19);1-2,9-10H,3-8,14H2,(H,15,19);1-4H2;2*2H,1H3;1H4. The van der Waals surface area contributed by atoms with Crippen LogP contribution in [0.5, 0.6) is 0 Å². The number of nitrogens with two attached hydrogens (primary N) is 2. The Morgan fingerprint density at radius 3 is 0.939 bits per heavy atom. The number of hydrogen-bond donors (Lipinski definition) is 10. The molecule has 5 saturated heterocycles. The van der Waals surface area contributed by atoms with Crippen LogP contribution in [0, 0.1) is 54.0 Å². The quantitative estimate of drug-likeness (QED) is 0.0325. The minimum Gasteiger partial charge on any atom is -0.400 e. The molecule has 5 aliphatic heterocycles. The highest BCUT2D eigenvalue weighted by atomic mass is 16.6. The van der Waals surface area contributed by atoms with Crippen molar-refractivity contribution in [1.82, 2.24) is 51.8 Å². The smallest absolute Gasteiger partial charge is 0.287 e. The number of aliphatic hydroxyl groups excluding tert-OH is 2. The number of pyridine rings is 4. The number of nitrogens with zero attached hydrogens (tertiary/aromatic N) is 11. The maximum atomic E-state index is 12.1. The zero-order valence-electron chi connectivity index (χ0n) is 56.3. The predicted octanol–water partition coefficient (Wildman–Crippen LogP) is 3.25. The summed E-state index contributed by atoms with van der Waals surface area (Å²) in [7, 11) is 2.00. The van der Waals surface area contributed by atoms with Gasteiger partial charge in [-0.1, -0.05) is 14.4 Å². The molecular formula is C64H103N19O15. The molecule has 34 nitrogen and oxygen atoms in total. The topological polar surface area (TPSA) is 470 Å². The van der Waals surface area contributed by atoms with Crippen molar-refractivity contribution in [3.8, 4) is 0 Å². The summed E-state index contributed by atoms with van der Waals surface area (Å²) in [6.45, 7) is 16.3. The van der Waals surface area contributed by atoms with E-state index in [1.54, 1.807) is 24.4 Å². The largest absolute Gasteiger partial charge is 0.400 e. The first-order valence-corrected chi connectivity index (χ1v) is 32.6. The van der Waals surface area contributed by atoms with Gasteiger partial charge in [0.25, 0.3) is 17.1 Å². The Morgan fingerprint density at radius 2 is 0.724 bits per heavy atom. The second-order valence-corrected chi connectivity index (χ2v) is 22.6. The highest BCUT2D eigenvalue weighted by molar-refractivity contribution is 5.81. The summed E-state index contributed by atoms with van der Waals surface area (Å²) in [6, 6.07) is 13.0. The van der Waals surface area contributed by atoms with E-state index in [2.05, 4.69) is 61.6 Å². The van der Waals surface area contributed by atoms with Crippen LogP contribution in [-0.4, -0.2) is 206 Å². The molecule has 34 heteroatoms. The number of aromatic nitrogens is 4. The Kier molecular flexibility index (Phi) is 41.6. The molecule has 5 fully saturated rings. The Labute approximate surface area is 572 Å². The van der Waals surface area contributed by atoms with Crippen molar-refractivity contribution in [2.45, 2.75) is 98.8 Å². The molecule has 544 valence electrons. The number of rotatable bonds is 21. The molecule has 0 atom stereocenters. The van der Waals surface area contributed by atoms with Crippen LogP contribution in [-0.2, 0) is 33.5 Å². The number of nitrogens with one attached hydrogen (secondary N) is 6. The van der Waals surface area contributed by atoms with Gasteiger partial charge in [0.05, 0.1) is 26.7 Å². The Morgan fingerprint density at radius 1 is 0.459 bits per heavy atom. The fourth-order valence-electron chi connectivity index (χ4n) is 10.5. The SMILES string of the molecule is C.C1CCOC1.CC(=O)NCCNC(=O)C1CCN(c2ccc(N)cn2)CC1.CC(=O)NCCNC(=O)C1CCN(c2ccc([N+](=O)[O-])cn2)CC1.CCCNC(=O)C1CCN(c2ccc([N+](=O)[O-])cn2)CC1.CO.CO.NCCNC(=O)C1CCN(c2ccc([N+](=O)[O-])cn2)CC1. The molecule has 4 aromatic rings. The van der Waals surface area contributed by atoms with E-state index in [1.807, 2.05) is 28.9 Å². The summed E-state index contributed by atoms with van der Waals surface area (Å²) in [5.74, 6) is 3.11. The number of nitro groups is 3. The second-order valence-electron chi connectivity index (χ2n) is 22.6. The number of amides is 6. The summed E-state index contributed by atoms with van der Waals surface area (Å²) in [6.07, 6.45) is 15.0. The van der Waals surface area contributed by atoms with E-state index >= 15 is 0 Å². The third-order valence-corrected chi connectivity index (χ3v) is 15.8. The van der Waals surface area contributed by atoms with Gasteiger partial charge in [-0.25, -0.2) is 19.9 Å². The zero-order valence-corrected chi connectivity index (χ0v) is 56.3. The van der Waals surface area contributed by atoms with Gasteiger partial charge in [0.15, 0.2) is 0 Å². The van der Waals surface area contributed by atoms with Crippen LogP contribution in [0.15, 0.2) is 73.3 Å². The fraction of sp³-hybridized carbons (Fsp3) is 0.594. The Hall–Kier alpha value is -9.54. The van der Waals surface area contributed by atoms with Gasteiger partial charge in [-0.2, -0.15) is 0 Å². The summed E-state index contributed by atoms with van der Waals surface area (Å²) >= 11 is 0. The molecule has 0 radical (unpaired) electrons. The lowest BCUT2D eigenvalue weighted by Gasteiger charge is -2.32. The number of carbonyl (C=O) groups excluding carboxylic acids is 6. The number of carbonyl (C=O) groups is 6. The van der Waals surface area contributed by atoms with E-state index in [1.165, 1.54) is 63.5 Å². The molecule has 0 unspecified atom stereocenters. The van der Waals surface area contributed by atoms with Crippen molar-refractivity contribution in [1.29, 1.82) is 0 Å². The van der Waals surface area contributed by atoms with Crippen molar-refractivity contribution in [3.63, 3.8) is 0 Å². The fourth-order valence-corrected chi connectivity index (χ4v) is 10.5. The second kappa shape index (κ2) is 48.2. The van der Waals surface area contributed by atoms with Gasteiger partial charge in [0.1, 0.15) is 41.9 Å². The molecule has 0 spiro atoms. The van der Waals surface area contributed by atoms with Crippen LogP contribution in [0.1, 0.15) is 98.8 Å². The molecule has 0 saturated carbocycles. The minimum absolute atomic E-state index is 0. The third kappa shape index (κ3) is 31.6. The first kappa shape index (κ1) is 84.5. The lowest BCUT2D eigenvalue weighted by Crippen LogP contribution is -2.42. The lowest BCUT2D eigenvalue weighted by atomic mass is 9.96. The van der Waals surface area contributed by atoms with Crippen molar-refractivity contribution in [2.24, 2.45) is 29.4 Å². The van der Waals surface area contributed by atoms with E-state index < -0.39 is 14.8 Å². The molecule has 9 rings (SSSR count). The van der Waals surface area contributed by atoms with Gasteiger partial charge in [-0.15, -0.1) is 0 Å². The first-order valence-electron chi connectivity index (χ1n) is 32.6. The van der Waals surface area contributed by atoms with E-state index in [4.69, 9.17) is 26.4 Å². The van der Waals surface area contributed by atoms with Crippen molar-refractivity contribution < 1.29 is 58.5 Å². The van der Waals surface area contributed by atoms with E-state index in [0.29, 0.717) is 95.6 Å². The molecule has 9 heterocycles. The van der Waals surface area contributed by atoms with Gasteiger partial charge in [-0.05, 0) is 101 Å². The molecular weight excluding hydrogens is 1270 g/mol. The van der Waals surface area contributed by atoms with E-state index in [-0.39, 0.29) is 83.6 Å². The highest BCUT2D eigenvalue weighted by Crippen LogP contribution is 2.27. The van der Waals surface area contributed by atoms with Crippen molar-refractivity contribution in [2.75, 3.05) is 151 Å². The van der Waals surface area contributed by atoms with Gasteiger partial charge < -0.3 is 77.9 Å². The van der Waals surface area contributed by atoms with Crippen LogP contribution in [0.3, 0.4) is 0 Å². The Bertz CT molecular complexity index is 2880. The number of nitrogen functional groups attached to an aromatic ring is 1. The number of anilines is 5. The van der Waals surface area contributed by atoms with Crippen LogP contribution in [0.4, 0.5) is 46.0 Å².